The number of ether oxygens (including phenoxy) is 1. The highest BCUT2D eigenvalue weighted by atomic mass is 79.9. The smallest absolute Gasteiger partial charge is 0.407 e. The highest BCUT2D eigenvalue weighted by Crippen LogP contribution is 2.20. The maximum atomic E-state index is 11.9. The van der Waals surface area contributed by atoms with Gasteiger partial charge in [0.25, 0.3) is 0 Å². The molecule has 0 unspecified atom stereocenters. The first-order valence-corrected chi connectivity index (χ1v) is 7.63. The zero-order valence-corrected chi connectivity index (χ0v) is 13.7. The van der Waals surface area contributed by atoms with Gasteiger partial charge in [-0.3, -0.25) is 9.78 Å². The maximum Gasteiger partial charge on any atom is 0.407 e. The monoisotopic (exact) mass is 378 g/mol. The summed E-state index contributed by atoms with van der Waals surface area (Å²) in [6.07, 6.45) is 2.14. The lowest BCUT2D eigenvalue weighted by atomic mass is 10.1. The Balaban J connectivity index is 1.99. The molecule has 0 fully saturated rings. The SMILES string of the molecule is O=C(O)C[C@H](NC(=O)OCc1ccccc1)c1cncc(Br)c1. The molecule has 1 aromatic heterocycles. The van der Waals surface area contributed by atoms with Crippen LogP contribution in [0.1, 0.15) is 23.6 Å². The van der Waals surface area contributed by atoms with Crippen molar-refractivity contribution in [3.05, 3.63) is 64.4 Å². The molecule has 2 rings (SSSR count). The fourth-order valence-corrected chi connectivity index (χ4v) is 2.34. The van der Waals surface area contributed by atoms with Crippen molar-refractivity contribution in [1.29, 1.82) is 0 Å². The lowest BCUT2D eigenvalue weighted by molar-refractivity contribution is -0.137. The molecule has 1 amide bonds. The molecule has 0 radical (unpaired) electrons. The minimum atomic E-state index is -1.03. The topological polar surface area (TPSA) is 88.5 Å². The quantitative estimate of drug-likeness (QED) is 0.804. The van der Waals surface area contributed by atoms with Crippen LogP contribution in [0.15, 0.2) is 53.3 Å². The van der Waals surface area contributed by atoms with E-state index in [2.05, 4.69) is 26.2 Å². The van der Waals surface area contributed by atoms with Crippen molar-refractivity contribution < 1.29 is 19.4 Å². The fraction of sp³-hybridized carbons (Fsp3) is 0.188. The predicted molar refractivity (Wildman–Crippen MR) is 86.7 cm³/mol. The minimum Gasteiger partial charge on any atom is -0.481 e. The number of carboxylic acid groups (broad SMARTS) is 1. The molecule has 0 saturated heterocycles. The van der Waals surface area contributed by atoms with Crippen LogP contribution in [-0.2, 0) is 16.1 Å². The van der Waals surface area contributed by atoms with Crippen LogP contribution in [0, 0.1) is 0 Å². The van der Waals surface area contributed by atoms with Crippen molar-refractivity contribution in [3.8, 4) is 0 Å². The van der Waals surface area contributed by atoms with Gasteiger partial charge in [0.15, 0.2) is 0 Å². The average molecular weight is 379 g/mol. The average Bonchev–Trinajstić information content (AvgIpc) is 2.53. The Morgan fingerprint density at radius 2 is 2.00 bits per heavy atom. The molecule has 0 spiro atoms. The number of nitrogens with zero attached hydrogens (tertiary/aromatic N) is 1. The standard InChI is InChI=1S/C16H15BrN2O4/c17-13-6-12(8-18-9-13)14(7-15(20)21)19-16(22)23-10-11-4-2-1-3-5-11/h1-6,8-9,14H,7,10H2,(H,19,22)(H,20,21)/t14-/m0/s1. The lowest BCUT2D eigenvalue weighted by Gasteiger charge is -2.17. The highest BCUT2D eigenvalue weighted by Gasteiger charge is 2.19. The summed E-state index contributed by atoms with van der Waals surface area (Å²) in [5.41, 5.74) is 1.43. The number of amides is 1. The van der Waals surface area contributed by atoms with E-state index >= 15 is 0 Å². The summed E-state index contributed by atoms with van der Waals surface area (Å²) in [5, 5.41) is 11.6. The van der Waals surface area contributed by atoms with Gasteiger partial charge >= 0.3 is 12.1 Å². The fourth-order valence-electron chi connectivity index (χ4n) is 1.95. The summed E-state index contributed by atoms with van der Waals surface area (Å²) in [4.78, 5) is 26.9. The van der Waals surface area contributed by atoms with Crippen molar-refractivity contribution in [2.24, 2.45) is 0 Å². The van der Waals surface area contributed by atoms with E-state index in [4.69, 9.17) is 9.84 Å². The van der Waals surface area contributed by atoms with Gasteiger partial charge in [-0.1, -0.05) is 30.3 Å². The van der Waals surface area contributed by atoms with Crippen LogP contribution in [-0.4, -0.2) is 22.2 Å². The van der Waals surface area contributed by atoms with Gasteiger partial charge in [0.1, 0.15) is 6.61 Å². The summed E-state index contributed by atoms with van der Waals surface area (Å²) < 4.78 is 5.82. The number of pyridine rings is 1. The van der Waals surface area contributed by atoms with Crippen molar-refractivity contribution in [2.45, 2.75) is 19.1 Å². The molecule has 0 bridgehead atoms. The van der Waals surface area contributed by atoms with Gasteiger partial charge in [-0.25, -0.2) is 4.79 Å². The molecule has 1 aromatic carbocycles. The molecule has 0 aliphatic rings. The van der Waals surface area contributed by atoms with Gasteiger partial charge in [-0.15, -0.1) is 0 Å². The van der Waals surface area contributed by atoms with Gasteiger partial charge in [-0.2, -0.15) is 0 Å². The molecule has 2 aromatic rings. The number of carbonyl (C=O) groups excluding carboxylic acids is 1. The first-order chi connectivity index (χ1) is 11.0. The van der Waals surface area contributed by atoms with E-state index in [-0.39, 0.29) is 13.0 Å². The number of alkyl carbamates (subject to hydrolysis) is 1. The van der Waals surface area contributed by atoms with Crippen LogP contribution in [0.2, 0.25) is 0 Å². The second kappa shape index (κ2) is 8.28. The molecule has 0 aliphatic heterocycles. The van der Waals surface area contributed by atoms with E-state index in [0.717, 1.165) is 5.56 Å². The van der Waals surface area contributed by atoms with Gasteiger partial charge in [-0.05, 0) is 33.1 Å². The van der Waals surface area contributed by atoms with E-state index in [1.165, 1.54) is 6.20 Å². The Morgan fingerprint density at radius 1 is 1.26 bits per heavy atom. The number of halogens is 1. The molecule has 1 heterocycles. The molecular formula is C16H15BrN2O4. The normalized spacial score (nSPS) is 11.5. The van der Waals surface area contributed by atoms with Crippen molar-refractivity contribution in [1.82, 2.24) is 10.3 Å². The van der Waals surface area contributed by atoms with Crippen molar-refractivity contribution >= 4 is 28.0 Å². The second-order valence-corrected chi connectivity index (χ2v) is 5.71. The van der Waals surface area contributed by atoms with E-state index < -0.39 is 18.1 Å². The molecule has 0 saturated carbocycles. The minimum absolute atomic E-state index is 0.114. The zero-order valence-electron chi connectivity index (χ0n) is 12.1. The molecule has 23 heavy (non-hydrogen) atoms. The van der Waals surface area contributed by atoms with Crippen LogP contribution in [0.25, 0.3) is 0 Å². The number of aliphatic carboxylic acids is 1. The second-order valence-electron chi connectivity index (χ2n) is 4.79. The molecule has 6 nitrogen and oxygen atoms in total. The molecular weight excluding hydrogens is 364 g/mol. The van der Waals surface area contributed by atoms with E-state index in [0.29, 0.717) is 10.0 Å². The molecule has 7 heteroatoms. The highest BCUT2D eigenvalue weighted by molar-refractivity contribution is 9.10. The van der Waals surface area contributed by atoms with Crippen LogP contribution in [0.5, 0.6) is 0 Å². The largest absolute Gasteiger partial charge is 0.481 e. The Morgan fingerprint density at radius 3 is 2.65 bits per heavy atom. The summed E-state index contributed by atoms with van der Waals surface area (Å²) in [5.74, 6) is -1.03. The predicted octanol–water partition coefficient (Wildman–Crippen LogP) is 3.29. The number of nitrogens with one attached hydrogen (secondary N) is 1. The van der Waals surface area contributed by atoms with Crippen molar-refractivity contribution in [2.75, 3.05) is 0 Å². The summed E-state index contributed by atoms with van der Waals surface area (Å²) in [7, 11) is 0. The third-order valence-corrected chi connectivity index (χ3v) is 3.45. The third-order valence-electron chi connectivity index (χ3n) is 3.01. The third kappa shape index (κ3) is 5.71. The first-order valence-electron chi connectivity index (χ1n) is 6.84. The Kier molecular flexibility index (Phi) is 6.10. The van der Waals surface area contributed by atoms with Gasteiger partial charge in [0.05, 0.1) is 12.5 Å². The van der Waals surface area contributed by atoms with Gasteiger partial charge < -0.3 is 15.2 Å². The van der Waals surface area contributed by atoms with Gasteiger partial charge in [0.2, 0.25) is 0 Å². The number of carboxylic acids is 1. The Hall–Kier alpha value is -2.41. The van der Waals surface area contributed by atoms with Crippen molar-refractivity contribution in [3.63, 3.8) is 0 Å². The molecule has 2 N–H and O–H groups in total. The van der Waals surface area contributed by atoms with Crippen LogP contribution >= 0.6 is 15.9 Å². The Bertz CT molecular complexity index is 679. The summed E-state index contributed by atoms with van der Waals surface area (Å²) >= 11 is 3.27. The van der Waals surface area contributed by atoms with Crippen LogP contribution in [0.4, 0.5) is 4.79 Å². The number of aromatic nitrogens is 1. The first kappa shape index (κ1) is 17.0. The number of hydrogen-bond acceptors (Lipinski definition) is 4. The maximum absolute atomic E-state index is 11.9. The number of rotatable bonds is 6. The lowest BCUT2D eigenvalue weighted by Crippen LogP contribution is -2.30. The summed E-state index contributed by atoms with van der Waals surface area (Å²) in [6.45, 7) is 0.114. The van der Waals surface area contributed by atoms with E-state index in [9.17, 15) is 9.59 Å². The molecule has 0 aliphatic carbocycles. The number of benzene rings is 1. The van der Waals surface area contributed by atoms with E-state index in [1.807, 2.05) is 30.3 Å². The van der Waals surface area contributed by atoms with Gasteiger partial charge in [0, 0.05) is 16.9 Å². The number of hydrogen-bond donors (Lipinski definition) is 2. The Labute approximate surface area is 141 Å². The van der Waals surface area contributed by atoms with Crippen LogP contribution in [0.3, 0.4) is 0 Å². The number of carbonyl (C=O) groups is 2. The van der Waals surface area contributed by atoms with Crippen LogP contribution < -0.4 is 5.32 Å². The van der Waals surface area contributed by atoms with E-state index in [1.54, 1.807) is 12.3 Å². The summed E-state index contributed by atoms with van der Waals surface area (Å²) in [6, 6.07) is 10.2. The zero-order chi connectivity index (χ0) is 16.7. The molecule has 1 atom stereocenters. The molecule has 120 valence electrons.